The van der Waals surface area contributed by atoms with Crippen molar-refractivity contribution in [2.75, 3.05) is 33.3 Å². The van der Waals surface area contributed by atoms with Gasteiger partial charge in [0.1, 0.15) is 11.8 Å². The van der Waals surface area contributed by atoms with Crippen molar-refractivity contribution in [2.24, 2.45) is 4.99 Å². The van der Waals surface area contributed by atoms with Gasteiger partial charge in [-0.05, 0) is 81.9 Å². The molecule has 2 aromatic carbocycles. The molecule has 184 valence electrons. The molecule has 2 aromatic rings. The zero-order chi connectivity index (χ0) is 24.8. The molecule has 1 atom stereocenters. The minimum atomic E-state index is -0.0120. The molecular formula is C29H36N4O2. The van der Waals surface area contributed by atoms with Gasteiger partial charge >= 0.3 is 0 Å². The van der Waals surface area contributed by atoms with Crippen LogP contribution in [0.3, 0.4) is 0 Å². The molecule has 1 unspecified atom stereocenters. The fraction of sp³-hybridized carbons (Fsp3) is 0.448. The van der Waals surface area contributed by atoms with Crippen molar-refractivity contribution in [2.45, 2.75) is 51.7 Å². The summed E-state index contributed by atoms with van der Waals surface area (Å²) in [5, 5.41) is 13.4. The van der Waals surface area contributed by atoms with Crippen LogP contribution in [0.4, 0.5) is 0 Å². The Labute approximate surface area is 209 Å². The van der Waals surface area contributed by atoms with Crippen LogP contribution >= 0.6 is 0 Å². The number of hydrogen-bond acceptors (Lipinski definition) is 6. The van der Waals surface area contributed by atoms with Crippen LogP contribution in [0.25, 0.3) is 5.70 Å². The van der Waals surface area contributed by atoms with Crippen molar-refractivity contribution in [3.05, 3.63) is 70.8 Å². The lowest BCUT2D eigenvalue weighted by Crippen LogP contribution is -2.31. The number of ether oxygens (including phenoxy) is 2. The number of benzene rings is 2. The van der Waals surface area contributed by atoms with Crippen LogP contribution in [0.15, 0.2) is 48.0 Å². The Balaban J connectivity index is 1.50. The summed E-state index contributed by atoms with van der Waals surface area (Å²) in [4.78, 5) is 7.28. The summed E-state index contributed by atoms with van der Waals surface area (Å²) in [5.41, 5.74) is 5.55. The highest BCUT2D eigenvalue weighted by Gasteiger charge is 2.25. The third-order valence-corrected chi connectivity index (χ3v) is 6.74. The summed E-state index contributed by atoms with van der Waals surface area (Å²) < 4.78 is 11.4. The van der Waals surface area contributed by atoms with E-state index in [9.17, 15) is 5.26 Å². The first-order valence-corrected chi connectivity index (χ1v) is 12.6. The normalized spacial score (nSPS) is 17.9. The number of rotatable bonds is 9. The first kappa shape index (κ1) is 25.0. The van der Waals surface area contributed by atoms with E-state index in [4.69, 9.17) is 14.5 Å². The van der Waals surface area contributed by atoms with Crippen molar-refractivity contribution in [3.63, 3.8) is 0 Å². The molecule has 1 fully saturated rings. The first-order valence-electron chi connectivity index (χ1n) is 12.6. The van der Waals surface area contributed by atoms with Crippen LogP contribution in [-0.4, -0.2) is 50.2 Å². The lowest BCUT2D eigenvalue weighted by Gasteiger charge is -2.19. The second-order valence-corrected chi connectivity index (χ2v) is 9.52. The molecule has 6 nitrogen and oxygen atoms in total. The van der Waals surface area contributed by atoms with Crippen molar-refractivity contribution in [1.82, 2.24) is 10.2 Å². The molecule has 1 heterocycles. The average Bonchev–Trinajstić information content (AvgIpc) is 3.52. The van der Waals surface area contributed by atoms with Crippen LogP contribution in [0.5, 0.6) is 5.75 Å². The summed E-state index contributed by atoms with van der Waals surface area (Å²) in [6, 6.07) is 14.4. The first-order chi connectivity index (χ1) is 17.0. The molecule has 1 saturated heterocycles. The summed E-state index contributed by atoms with van der Waals surface area (Å²) in [6.07, 6.45) is 4.74. The maximum atomic E-state index is 9.59. The van der Waals surface area contributed by atoms with Gasteiger partial charge < -0.3 is 19.7 Å². The summed E-state index contributed by atoms with van der Waals surface area (Å²) in [6.45, 7) is 12.7. The average molecular weight is 473 g/mol. The molecule has 0 aromatic heterocycles. The van der Waals surface area contributed by atoms with Crippen LogP contribution in [0.1, 0.15) is 67.0 Å². The van der Waals surface area contributed by atoms with E-state index in [1.165, 1.54) is 37.1 Å². The Morgan fingerprint density at radius 1 is 1.26 bits per heavy atom. The number of hydrogen-bond donors (Lipinski definition) is 1. The third-order valence-electron chi connectivity index (χ3n) is 6.74. The highest BCUT2D eigenvalue weighted by atomic mass is 16.5. The predicted octanol–water partition coefficient (Wildman–Crippen LogP) is 5.08. The lowest BCUT2D eigenvalue weighted by molar-refractivity contribution is 0.241. The van der Waals surface area contributed by atoms with E-state index in [1.54, 1.807) is 19.2 Å². The Morgan fingerprint density at radius 2 is 2.06 bits per heavy atom. The van der Waals surface area contributed by atoms with Gasteiger partial charge in [0.15, 0.2) is 0 Å². The SMILES string of the molecule is C=C(N=C(OC)c1ccc(OC(C)C)c(C#N)c1)c1cccc2c1CCC2NCCN1CCCC1. The van der Waals surface area contributed by atoms with Crippen molar-refractivity contribution >= 4 is 11.6 Å². The van der Waals surface area contributed by atoms with Crippen molar-refractivity contribution in [1.29, 1.82) is 5.26 Å². The molecule has 1 aliphatic heterocycles. The van der Waals surface area contributed by atoms with Crippen molar-refractivity contribution in [3.8, 4) is 11.8 Å². The van der Waals surface area contributed by atoms with E-state index >= 15 is 0 Å². The van der Waals surface area contributed by atoms with Crippen LogP contribution in [0.2, 0.25) is 0 Å². The van der Waals surface area contributed by atoms with Gasteiger partial charge in [0.25, 0.3) is 0 Å². The zero-order valence-electron chi connectivity index (χ0n) is 21.1. The van der Waals surface area contributed by atoms with Gasteiger partial charge in [0.05, 0.1) is 24.5 Å². The number of nitrogens with zero attached hydrogens (tertiary/aromatic N) is 3. The van der Waals surface area contributed by atoms with Crippen LogP contribution in [-0.2, 0) is 11.2 Å². The topological polar surface area (TPSA) is 69.9 Å². The number of methoxy groups -OCH3 is 1. The maximum absolute atomic E-state index is 9.59. The van der Waals surface area contributed by atoms with Crippen LogP contribution < -0.4 is 10.1 Å². The van der Waals surface area contributed by atoms with E-state index in [-0.39, 0.29) is 6.10 Å². The number of fused-ring (bicyclic) bond motifs is 1. The Kier molecular flexibility index (Phi) is 8.22. The number of aliphatic imine (C=N–C) groups is 1. The molecule has 0 saturated carbocycles. The standard InChI is InChI=1S/C29H36N4O2/c1-20(2)35-28-13-10-22(18-23(28)19-30)29(34-4)32-21(3)24-8-7-9-26-25(24)11-12-27(26)31-14-17-33-15-5-6-16-33/h7-10,13,18,20,27,31H,3,5-6,11-12,14-17H2,1-2,4H3. The number of likely N-dealkylation sites (tertiary alicyclic amines) is 1. The van der Waals surface area contributed by atoms with Gasteiger partial charge in [-0.2, -0.15) is 5.26 Å². The summed E-state index contributed by atoms with van der Waals surface area (Å²) in [7, 11) is 1.59. The lowest BCUT2D eigenvalue weighted by atomic mass is 10.0. The third kappa shape index (κ3) is 5.93. The Morgan fingerprint density at radius 3 is 2.77 bits per heavy atom. The Bertz CT molecular complexity index is 1130. The summed E-state index contributed by atoms with van der Waals surface area (Å²) in [5.74, 6) is 0.989. The maximum Gasteiger partial charge on any atom is 0.221 e. The van der Waals surface area contributed by atoms with E-state index < -0.39 is 0 Å². The zero-order valence-corrected chi connectivity index (χ0v) is 21.1. The van der Waals surface area contributed by atoms with Gasteiger partial charge in [-0.25, -0.2) is 4.99 Å². The van der Waals surface area contributed by atoms with Gasteiger partial charge in [0.2, 0.25) is 5.90 Å². The molecule has 1 N–H and O–H groups in total. The second kappa shape index (κ2) is 11.5. The van der Waals surface area contributed by atoms with E-state index in [0.717, 1.165) is 37.1 Å². The van der Waals surface area contributed by atoms with Crippen LogP contribution in [0, 0.1) is 11.3 Å². The number of nitrogens with one attached hydrogen (secondary N) is 1. The summed E-state index contributed by atoms with van der Waals surface area (Å²) >= 11 is 0. The molecule has 0 radical (unpaired) electrons. The molecule has 6 heteroatoms. The van der Waals surface area contributed by atoms with Gasteiger partial charge in [-0.3, -0.25) is 0 Å². The molecular weight excluding hydrogens is 436 g/mol. The predicted molar refractivity (Wildman–Crippen MR) is 141 cm³/mol. The highest BCUT2D eigenvalue weighted by Crippen LogP contribution is 2.36. The molecule has 4 rings (SSSR count). The van der Waals surface area contributed by atoms with E-state index in [2.05, 4.69) is 41.1 Å². The molecule has 0 spiro atoms. The molecule has 35 heavy (non-hydrogen) atoms. The van der Waals surface area contributed by atoms with E-state index in [0.29, 0.717) is 28.9 Å². The molecule has 1 aliphatic carbocycles. The fourth-order valence-electron chi connectivity index (χ4n) is 5.06. The van der Waals surface area contributed by atoms with Gasteiger partial charge in [-0.1, -0.05) is 24.8 Å². The fourth-order valence-corrected chi connectivity index (χ4v) is 5.06. The van der Waals surface area contributed by atoms with E-state index in [1.807, 2.05) is 19.9 Å². The number of nitriles is 1. The van der Waals surface area contributed by atoms with Gasteiger partial charge in [0, 0.05) is 30.3 Å². The molecule has 2 aliphatic rings. The second-order valence-electron chi connectivity index (χ2n) is 9.52. The largest absolute Gasteiger partial charge is 0.490 e. The minimum Gasteiger partial charge on any atom is -0.490 e. The quantitative estimate of drug-likeness (QED) is 0.407. The Hall–Kier alpha value is -3.14. The molecule has 0 amide bonds. The molecule has 0 bridgehead atoms. The van der Waals surface area contributed by atoms with Gasteiger partial charge in [-0.15, -0.1) is 0 Å². The minimum absolute atomic E-state index is 0.0120. The monoisotopic (exact) mass is 472 g/mol. The smallest absolute Gasteiger partial charge is 0.221 e. The highest BCUT2D eigenvalue weighted by molar-refractivity contribution is 5.98. The van der Waals surface area contributed by atoms with Crippen molar-refractivity contribution < 1.29 is 9.47 Å².